The second kappa shape index (κ2) is 9.30. The highest BCUT2D eigenvalue weighted by Crippen LogP contribution is 2.15. The van der Waals surface area contributed by atoms with Gasteiger partial charge in [0.25, 0.3) is 5.91 Å². The molecule has 0 aliphatic carbocycles. The fourth-order valence-electron chi connectivity index (χ4n) is 1.87. The van der Waals surface area contributed by atoms with Crippen molar-refractivity contribution in [1.29, 1.82) is 5.26 Å². The Kier molecular flexibility index (Phi) is 6.81. The number of hydrogen-bond acceptors (Lipinski definition) is 5. The van der Waals surface area contributed by atoms with Crippen LogP contribution in [0.3, 0.4) is 0 Å². The van der Waals surface area contributed by atoms with E-state index < -0.39 is 18.5 Å². The van der Waals surface area contributed by atoms with E-state index in [1.165, 1.54) is 12.1 Å². The summed E-state index contributed by atoms with van der Waals surface area (Å²) in [7, 11) is 0. The Morgan fingerprint density at radius 2 is 1.92 bits per heavy atom. The maximum atomic E-state index is 11.8. The Morgan fingerprint density at radius 3 is 2.64 bits per heavy atom. The quantitative estimate of drug-likeness (QED) is 0.607. The summed E-state index contributed by atoms with van der Waals surface area (Å²) < 4.78 is 10.3. The zero-order chi connectivity index (χ0) is 18.1. The molecule has 0 aliphatic heterocycles. The van der Waals surface area contributed by atoms with Crippen molar-refractivity contribution in [3.63, 3.8) is 0 Å². The van der Waals surface area contributed by atoms with Crippen LogP contribution >= 0.6 is 11.6 Å². The van der Waals surface area contributed by atoms with Gasteiger partial charge in [-0.25, -0.2) is 4.79 Å². The highest BCUT2D eigenvalue weighted by atomic mass is 35.5. The van der Waals surface area contributed by atoms with Gasteiger partial charge in [0.1, 0.15) is 12.4 Å². The number of rotatable bonds is 7. The van der Waals surface area contributed by atoms with Crippen LogP contribution < -0.4 is 10.1 Å². The average molecular weight is 359 g/mol. The maximum Gasteiger partial charge on any atom is 0.338 e. The Labute approximate surface area is 149 Å². The largest absolute Gasteiger partial charge is 0.492 e. The molecule has 128 valence electrons. The van der Waals surface area contributed by atoms with E-state index in [9.17, 15) is 9.59 Å². The SMILES string of the molecule is N#Cc1cccc(C(=O)OCC(=O)NCCOc2ccc(Cl)cc2)c1. The molecule has 6 nitrogen and oxygen atoms in total. The molecule has 0 spiro atoms. The summed E-state index contributed by atoms with van der Waals surface area (Å²) in [5.41, 5.74) is 0.566. The number of halogens is 1. The Hall–Kier alpha value is -3.04. The summed E-state index contributed by atoms with van der Waals surface area (Å²) in [6.07, 6.45) is 0. The molecule has 0 unspecified atom stereocenters. The summed E-state index contributed by atoms with van der Waals surface area (Å²) in [6.45, 7) is 0.130. The second-order valence-electron chi connectivity index (χ2n) is 4.92. The topological polar surface area (TPSA) is 88.4 Å². The van der Waals surface area contributed by atoms with E-state index in [4.69, 9.17) is 26.3 Å². The van der Waals surface area contributed by atoms with Gasteiger partial charge in [-0.1, -0.05) is 17.7 Å². The average Bonchev–Trinajstić information content (AvgIpc) is 2.64. The van der Waals surface area contributed by atoms with Crippen LogP contribution in [0.1, 0.15) is 15.9 Å². The van der Waals surface area contributed by atoms with Gasteiger partial charge in [0.05, 0.1) is 23.7 Å². The molecule has 2 rings (SSSR count). The summed E-state index contributed by atoms with van der Waals surface area (Å²) >= 11 is 5.77. The van der Waals surface area contributed by atoms with Crippen molar-refractivity contribution in [2.24, 2.45) is 0 Å². The van der Waals surface area contributed by atoms with Crippen molar-refractivity contribution < 1.29 is 19.1 Å². The summed E-state index contributed by atoms with van der Waals surface area (Å²) in [6, 6.07) is 14.9. The molecule has 2 aromatic rings. The van der Waals surface area contributed by atoms with Gasteiger partial charge in [0, 0.05) is 5.02 Å². The lowest BCUT2D eigenvalue weighted by Crippen LogP contribution is -2.32. The molecule has 0 bridgehead atoms. The number of nitrogens with one attached hydrogen (secondary N) is 1. The molecule has 0 saturated heterocycles. The van der Waals surface area contributed by atoms with Crippen LogP contribution in [-0.4, -0.2) is 31.6 Å². The standard InChI is InChI=1S/C18H15ClN2O4/c19-15-4-6-16(7-5-15)24-9-8-21-17(22)12-25-18(23)14-3-1-2-13(10-14)11-20/h1-7,10H,8-9,12H2,(H,21,22). The minimum absolute atomic E-state index is 0.220. The Morgan fingerprint density at radius 1 is 1.16 bits per heavy atom. The number of esters is 1. The molecule has 0 saturated carbocycles. The lowest BCUT2D eigenvalue weighted by atomic mass is 10.1. The van der Waals surface area contributed by atoms with Crippen molar-refractivity contribution in [1.82, 2.24) is 5.32 Å². The smallest absolute Gasteiger partial charge is 0.338 e. The van der Waals surface area contributed by atoms with Crippen molar-refractivity contribution in [2.75, 3.05) is 19.8 Å². The van der Waals surface area contributed by atoms with Crippen molar-refractivity contribution in [2.45, 2.75) is 0 Å². The molecule has 0 fully saturated rings. The Bertz CT molecular complexity index is 784. The first-order chi connectivity index (χ1) is 12.1. The normalized spacial score (nSPS) is 9.76. The van der Waals surface area contributed by atoms with Gasteiger partial charge in [-0.2, -0.15) is 5.26 Å². The van der Waals surface area contributed by atoms with Crippen LogP contribution in [0, 0.1) is 11.3 Å². The zero-order valence-electron chi connectivity index (χ0n) is 13.2. The van der Waals surface area contributed by atoms with Crippen LogP contribution in [0.2, 0.25) is 5.02 Å². The second-order valence-corrected chi connectivity index (χ2v) is 5.36. The third-order valence-corrected chi connectivity index (χ3v) is 3.32. The first-order valence-corrected chi connectivity index (χ1v) is 7.78. The van der Waals surface area contributed by atoms with E-state index in [2.05, 4.69) is 5.32 Å². The zero-order valence-corrected chi connectivity index (χ0v) is 14.0. The maximum absolute atomic E-state index is 11.8. The van der Waals surface area contributed by atoms with E-state index >= 15 is 0 Å². The number of hydrogen-bond donors (Lipinski definition) is 1. The van der Waals surface area contributed by atoms with E-state index in [1.807, 2.05) is 6.07 Å². The molecule has 0 heterocycles. The number of carbonyl (C=O) groups is 2. The third-order valence-electron chi connectivity index (χ3n) is 3.07. The van der Waals surface area contributed by atoms with Gasteiger partial charge in [-0.15, -0.1) is 0 Å². The van der Waals surface area contributed by atoms with Crippen molar-refractivity contribution in [3.05, 3.63) is 64.7 Å². The summed E-state index contributed by atoms with van der Waals surface area (Å²) in [5, 5.41) is 12.0. The van der Waals surface area contributed by atoms with Gasteiger partial charge in [-0.3, -0.25) is 4.79 Å². The van der Waals surface area contributed by atoms with Gasteiger partial charge < -0.3 is 14.8 Å². The number of nitriles is 1. The predicted molar refractivity (Wildman–Crippen MR) is 91.4 cm³/mol. The number of amides is 1. The van der Waals surface area contributed by atoms with Crippen LogP contribution in [0.5, 0.6) is 5.75 Å². The first kappa shape index (κ1) is 18.3. The predicted octanol–water partition coefficient (Wildman–Crippen LogP) is 2.56. The van der Waals surface area contributed by atoms with Crippen LogP contribution in [0.25, 0.3) is 0 Å². The Balaban J connectivity index is 1.67. The van der Waals surface area contributed by atoms with E-state index in [-0.39, 0.29) is 18.7 Å². The van der Waals surface area contributed by atoms with E-state index in [0.717, 1.165) is 0 Å². The third kappa shape index (κ3) is 6.16. The molecule has 25 heavy (non-hydrogen) atoms. The molecular formula is C18H15ClN2O4. The number of nitrogens with zero attached hydrogens (tertiary/aromatic N) is 1. The molecule has 0 radical (unpaired) electrons. The lowest BCUT2D eigenvalue weighted by molar-refractivity contribution is -0.124. The molecule has 0 aromatic heterocycles. The minimum Gasteiger partial charge on any atom is -0.492 e. The van der Waals surface area contributed by atoms with Gasteiger partial charge in [0.15, 0.2) is 6.61 Å². The molecule has 7 heteroatoms. The molecule has 1 N–H and O–H groups in total. The molecule has 0 aliphatic rings. The van der Waals surface area contributed by atoms with Gasteiger partial charge in [0.2, 0.25) is 0 Å². The highest BCUT2D eigenvalue weighted by Gasteiger charge is 2.10. The number of ether oxygens (including phenoxy) is 2. The molecule has 1 amide bonds. The van der Waals surface area contributed by atoms with Crippen LogP contribution in [0.4, 0.5) is 0 Å². The minimum atomic E-state index is -0.662. The fraction of sp³-hybridized carbons (Fsp3) is 0.167. The molecule has 0 atom stereocenters. The summed E-state index contributed by atoms with van der Waals surface area (Å²) in [4.78, 5) is 23.5. The van der Waals surface area contributed by atoms with Crippen molar-refractivity contribution >= 4 is 23.5 Å². The molecular weight excluding hydrogens is 344 g/mol. The van der Waals surface area contributed by atoms with Crippen LogP contribution in [-0.2, 0) is 9.53 Å². The fourth-order valence-corrected chi connectivity index (χ4v) is 2.00. The number of carbonyl (C=O) groups excluding carboxylic acids is 2. The lowest BCUT2D eigenvalue weighted by Gasteiger charge is -2.08. The monoisotopic (exact) mass is 358 g/mol. The van der Waals surface area contributed by atoms with Crippen LogP contribution in [0.15, 0.2) is 48.5 Å². The number of benzene rings is 2. The summed E-state index contributed by atoms with van der Waals surface area (Å²) in [5.74, 6) is -0.461. The van der Waals surface area contributed by atoms with E-state index in [1.54, 1.807) is 36.4 Å². The van der Waals surface area contributed by atoms with Gasteiger partial charge in [-0.05, 0) is 42.5 Å². The van der Waals surface area contributed by atoms with Gasteiger partial charge >= 0.3 is 5.97 Å². The first-order valence-electron chi connectivity index (χ1n) is 7.41. The highest BCUT2D eigenvalue weighted by molar-refractivity contribution is 6.30. The van der Waals surface area contributed by atoms with Crippen molar-refractivity contribution in [3.8, 4) is 11.8 Å². The molecule has 2 aromatic carbocycles. The van der Waals surface area contributed by atoms with E-state index in [0.29, 0.717) is 16.3 Å².